The molecular weight excluding hydrogens is 232 g/mol. The van der Waals surface area contributed by atoms with E-state index in [-0.39, 0.29) is 5.41 Å². The van der Waals surface area contributed by atoms with Crippen LogP contribution in [0.2, 0.25) is 0 Å². The first-order valence-electron chi connectivity index (χ1n) is 6.66. The molecule has 0 aliphatic carbocycles. The second-order valence-electron chi connectivity index (χ2n) is 5.83. The molecule has 0 aromatic heterocycles. The molecule has 2 nitrogen and oxygen atoms in total. The maximum atomic E-state index is 5.68. The Bertz CT molecular complexity index is 553. The number of hydrogen-bond donors (Lipinski definition) is 2. The topological polar surface area (TPSA) is 38.0 Å². The first-order valence-corrected chi connectivity index (χ1v) is 6.66. The van der Waals surface area contributed by atoms with Gasteiger partial charge in [0, 0.05) is 17.9 Å². The standard InChI is InChI=1S/C17H22N2/c1-17(2,3)15-9-4-5-10-16(15)19-14-8-6-7-13(11-14)12-18/h4-11,19H,12,18H2,1-3H3. The van der Waals surface area contributed by atoms with Crippen molar-refractivity contribution in [1.82, 2.24) is 0 Å². The number of nitrogens with two attached hydrogens (primary N) is 1. The van der Waals surface area contributed by atoms with Crippen molar-refractivity contribution >= 4 is 11.4 Å². The molecular formula is C17H22N2. The van der Waals surface area contributed by atoms with Crippen molar-refractivity contribution in [3.05, 3.63) is 59.7 Å². The summed E-state index contributed by atoms with van der Waals surface area (Å²) >= 11 is 0. The third-order valence-electron chi connectivity index (χ3n) is 3.18. The van der Waals surface area contributed by atoms with Gasteiger partial charge in [0.25, 0.3) is 0 Å². The van der Waals surface area contributed by atoms with Crippen molar-refractivity contribution in [2.45, 2.75) is 32.7 Å². The Kier molecular flexibility index (Phi) is 3.91. The third kappa shape index (κ3) is 3.36. The van der Waals surface area contributed by atoms with E-state index in [0.717, 1.165) is 16.9 Å². The summed E-state index contributed by atoms with van der Waals surface area (Å²) < 4.78 is 0. The SMILES string of the molecule is CC(C)(C)c1ccccc1Nc1cccc(CN)c1. The van der Waals surface area contributed by atoms with Crippen LogP contribution in [-0.2, 0) is 12.0 Å². The average molecular weight is 254 g/mol. The molecule has 0 fully saturated rings. The van der Waals surface area contributed by atoms with E-state index in [1.165, 1.54) is 5.56 Å². The zero-order valence-electron chi connectivity index (χ0n) is 11.9. The van der Waals surface area contributed by atoms with Crippen LogP contribution < -0.4 is 11.1 Å². The summed E-state index contributed by atoms with van der Waals surface area (Å²) in [4.78, 5) is 0. The average Bonchev–Trinajstić information content (AvgIpc) is 2.38. The van der Waals surface area contributed by atoms with Gasteiger partial charge in [0.2, 0.25) is 0 Å². The second-order valence-corrected chi connectivity index (χ2v) is 5.83. The number of benzene rings is 2. The van der Waals surface area contributed by atoms with Crippen molar-refractivity contribution in [2.75, 3.05) is 5.32 Å². The van der Waals surface area contributed by atoms with Crippen LogP contribution in [0.1, 0.15) is 31.9 Å². The highest BCUT2D eigenvalue weighted by Crippen LogP contribution is 2.31. The zero-order valence-corrected chi connectivity index (χ0v) is 11.9. The smallest absolute Gasteiger partial charge is 0.0422 e. The molecule has 0 bridgehead atoms. The van der Waals surface area contributed by atoms with Gasteiger partial charge in [-0.2, -0.15) is 0 Å². The largest absolute Gasteiger partial charge is 0.355 e. The van der Waals surface area contributed by atoms with Gasteiger partial charge < -0.3 is 11.1 Å². The number of anilines is 2. The van der Waals surface area contributed by atoms with Gasteiger partial charge >= 0.3 is 0 Å². The van der Waals surface area contributed by atoms with Gasteiger partial charge in [-0.3, -0.25) is 0 Å². The van der Waals surface area contributed by atoms with E-state index >= 15 is 0 Å². The van der Waals surface area contributed by atoms with Crippen LogP contribution in [-0.4, -0.2) is 0 Å². The van der Waals surface area contributed by atoms with Crippen LogP contribution in [0.15, 0.2) is 48.5 Å². The van der Waals surface area contributed by atoms with E-state index in [4.69, 9.17) is 5.73 Å². The molecule has 0 amide bonds. The van der Waals surface area contributed by atoms with E-state index in [1.54, 1.807) is 0 Å². The molecule has 2 heteroatoms. The molecule has 3 N–H and O–H groups in total. The molecule has 0 radical (unpaired) electrons. The van der Waals surface area contributed by atoms with Gasteiger partial charge in [0.15, 0.2) is 0 Å². The molecule has 2 rings (SSSR count). The Morgan fingerprint density at radius 1 is 1.00 bits per heavy atom. The Hall–Kier alpha value is -1.80. The minimum Gasteiger partial charge on any atom is -0.355 e. The molecule has 2 aromatic carbocycles. The molecule has 0 aliphatic rings. The molecule has 0 spiro atoms. The minimum atomic E-state index is 0.120. The first-order chi connectivity index (χ1) is 9.00. The summed E-state index contributed by atoms with van der Waals surface area (Å²) in [7, 11) is 0. The Morgan fingerprint density at radius 2 is 1.74 bits per heavy atom. The molecule has 19 heavy (non-hydrogen) atoms. The molecule has 0 unspecified atom stereocenters. The summed E-state index contributed by atoms with van der Waals surface area (Å²) in [5.74, 6) is 0. The van der Waals surface area contributed by atoms with Gasteiger partial charge in [-0.1, -0.05) is 51.1 Å². The number of hydrogen-bond acceptors (Lipinski definition) is 2. The lowest BCUT2D eigenvalue weighted by Crippen LogP contribution is -2.13. The maximum Gasteiger partial charge on any atom is 0.0422 e. The summed E-state index contributed by atoms with van der Waals surface area (Å²) in [5, 5.41) is 3.50. The predicted octanol–water partition coefficient (Wildman–Crippen LogP) is 4.19. The van der Waals surface area contributed by atoms with E-state index in [0.29, 0.717) is 6.54 Å². The van der Waals surface area contributed by atoms with Crippen molar-refractivity contribution < 1.29 is 0 Å². The van der Waals surface area contributed by atoms with Gasteiger partial charge in [0.1, 0.15) is 0 Å². The highest BCUT2D eigenvalue weighted by molar-refractivity contribution is 5.65. The van der Waals surface area contributed by atoms with Gasteiger partial charge in [0.05, 0.1) is 0 Å². The van der Waals surface area contributed by atoms with Crippen molar-refractivity contribution in [3.63, 3.8) is 0 Å². The lowest BCUT2D eigenvalue weighted by atomic mass is 9.86. The van der Waals surface area contributed by atoms with Crippen LogP contribution in [0, 0.1) is 0 Å². The van der Waals surface area contributed by atoms with E-state index in [9.17, 15) is 0 Å². The lowest BCUT2D eigenvalue weighted by molar-refractivity contribution is 0.592. The normalized spacial score (nSPS) is 11.4. The predicted molar refractivity (Wildman–Crippen MR) is 82.8 cm³/mol. The Labute approximate surface area is 115 Å². The van der Waals surface area contributed by atoms with Crippen molar-refractivity contribution in [2.24, 2.45) is 5.73 Å². The second kappa shape index (κ2) is 5.45. The molecule has 0 saturated carbocycles. The van der Waals surface area contributed by atoms with Gasteiger partial charge in [-0.15, -0.1) is 0 Å². The van der Waals surface area contributed by atoms with E-state index < -0.39 is 0 Å². The van der Waals surface area contributed by atoms with E-state index in [1.807, 2.05) is 12.1 Å². The van der Waals surface area contributed by atoms with Crippen LogP contribution in [0.25, 0.3) is 0 Å². The Balaban J connectivity index is 2.33. The molecule has 100 valence electrons. The highest BCUT2D eigenvalue weighted by Gasteiger charge is 2.17. The summed E-state index contributed by atoms with van der Waals surface area (Å²) in [6.45, 7) is 7.24. The highest BCUT2D eigenvalue weighted by atomic mass is 14.9. The summed E-state index contributed by atoms with van der Waals surface area (Å²) in [6.07, 6.45) is 0. The van der Waals surface area contributed by atoms with Crippen LogP contribution >= 0.6 is 0 Å². The fraction of sp³-hybridized carbons (Fsp3) is 0.294. The fourth-order valence-corrected chi connectivity index (χ4v) is 2.18. The van der Waals surface area contributed by atoms with Crippen molar-refractivity contribution in [1.29, 1.82) is 0 Å². The molecule has 0 atom stereocenters. The summed E-state index contributed by atoms with van der Waals surface area (Å²) in [6, 6.07) is 16.7. The van der Waals surface area contributed by atoms with Gasteiger partial charge in [-0.25, -0.2) is 0 Å². The lowest BCUT2D eigenvalue weighted by Gasteiger charge is -2.23. The molecule has 0 aliphatic heterocycles. The molecule has 0 saturated heterocycles. The van der Waals surface area contributed by atoms with E-state index in [2.05, 4.69) is 62.5 Å². The summed E-state index contributed by atoms with van der Waals surface area (Å²) in [5.41, 5.74) is 10.5. The van der Waals surface area contributed by atoms with Crippen LogP contribution in [0.3, 0.4) is 0 Å². The number of nitrogens with one attached hydrogen (secondary N) is 1. The van der Waals surface area contributed by atoms with Crippen LogP contribution in [0.5, 0.6) is 0 Å². The first kappa shape index (κ1) is 13.6. The maximum absolute atomic E-state index is 5.68. The monoisotopic (exact) mass is 254 g/mol. The van der Waals surface area contributed by atoms with Crippen LogP contribution in [0.4, 0.5) is 11.4 Å². The Morgan fingerprint density at radius 3 is 2.42 bits per heavy atom. The zero-order chi connectivity index (χ0) is 13.9. The fourth-order valence-electron chi connectivity index (χ4n) is 2.18. The third-order valence-corrected chi connectivity index (χ3v) is 3.18. The number of rotatable bonds is 3. The quantitative estimate of drug-likeness (QED) is 0.862. The molecule has 2 aromatic rings. The van der Waals surface area contributed by atoms with Crippen molar-refractivity contribution in [3.8, 4) is 0 Å². The number of para-hydroxylation sites is 1. The molecule has 0 heterocycles. The minimum absolute atomic E-state index is 0.120. The van der Waals surface area contributed by atoms with Gasteiger partial charge in [-0.05, 0) is 34.7 Å².